The molecule has 0 bridgehead atoms. The molecule has 3 rings (SSSR count). The minimum absolute atomic E-state index is 0.173. The zero-order valence-corrected chi connectivity index (χ0v) is 13.1. The van der Waals surface area contributed by atoms with Gasteiger partial charge in [0.05, 0.1) is 21.7 Å². The Morgan fingerprint density at radius 2 is 2.17 bits per heavy atom. The molecule has 120 valence electrons. The van der Waals surface area contributed by atoms with Gasteiger partial charge in [0.1, 0.15) is 6.33 Å². The Morgan fingerprint density at radius 1 is 1.39 bits per heavy atom. The average Bonchev–Trinajstić information content (AvgIpc) is 3.16. The van der Waals surface area contributed by atoms with Gasteiger partial charge in [-0.05, 0) is 42.0 Å². The normalized spacial score (nSPS) is 20.7. The molecular weight excluding hydrogens is 322 g/mol. The van der Waals surface area contributed by atoms with E-state index in [2.05, 4.69) is 15.5 Å². The van der Waals surface area contributed by atoms with Gasteiger partial charge >= 0.3 is 5.97 Å². The second-order valence-corrected chi connectivity index (χ2v) is 6.17. The number of carbonyl (C=O) groups excluding carboxylic acids is 1. The number of rotatable bonds is 3. The summed E-state index contributed by atoms with van der Waals surface area (Å²) in [5.74, 6) is -1.17. The van der Waals surface area contributed by atoms with E-state index in [1.807, 2.05) is 0 Å². The molecule has 0 saturated carbocycles. The second kappa shape index (κ2) is 5.62. The highest BCUT2D eigenvalue weighted by molar-refractivity contribution is 6.34. The lowest BCUT2D eigenvalue weighted by Gasteiger charge is -2.20. The molecule has 23 heavy (non-hydrogen) atoms. The van der Waals surface area contributed by atoms with E-state index in [4.69, 9.17) is 11.6 Å². The first-order valence-corrected chi connectivity index (χ1v) is 7.34. The second-order valence-electron chi connectivity index (χ2n) is 5.76. The Kier molecular flexibility index (Phi) is 3.77. The van der Waals surface area contributed by atoms with E-state index in [1.165, 1.54) is 15.9 Å². The van der Waals surface area contributed by atoms with Crippen LogP contribution in [0.2, 0.25) is 5.02 Å². The van der Waals surface area contributed by atoms with E-state index in [0.717, 1.165) is 0 Å². The summed E-state index contributed by atoms with van der Waals surface area (Å²) < 4.78 is 1.43. The SMILES string of the molecule is CC1(C(=O)O)CCN(C(=O)c2ccc(-n3cnnn3)cc2Cl)C1. The fraction of sp³-hybridized carbons (Fsp3) is 0.357. The number of tetrazole rings is 1. The van der Waals surface area contributed by atoms with Crippen LogP contribution in [-0.4, -0.2) is 55.2 Å². The van der Waals surface area contributed by atoms with E-state index in [9.17, 15) is 14.7 Å². The van der Waals surface area contributed by atoms with Crippen LogP contribution < -0.4 is 0 Å². The lowest BCUT2D eigenvalue weighted by Crippen LogP contribution is -2.35. The van der Waals surface area contributed by atoms with Crippen LogP contribution >= 0.6 is 11.6 Å². The Labute approximate surface area is 136 Å². The molecule has 1 fully saturated rings. The van der Waals surface area contributed by atoms with Crippen LogP contribution in [0.3, 0.4) is 0 Å². The summed E-state index contributed by atoms with van der Waals surface area (Å²) in [5.41, 5.74) is 0.0561. The zero-order chi connectivity index (χ0) is 16.6. The first-order valence-electron chi connectivity index (χ1n) is 6.96. The van der Waals surface area contributed by atoms with Crippen molar-refractivity contribution in [3.8, 4) is 5.69 Å². The van der Waals surface area contributed by atoms with Crippen LogP contribution in [0.15, 0.2) is 24.5 Å². The van der Waals surface area contributed by atoms with Gasteiger partial charge in [-0.2, -0.15) is 0 Å². The van der Waals surface area contributed by atoms with Gasteiger partial charge < -0.3 is 10.0 Å². The number of halogens is 1. The molecule has 0 aliphatic carbocycles. The lowest BCUT2D eigenvalue weighted by atomic mass is 9.90. The number of amides is 1. The highest BCUT2D eigenvalue weighted by Crippen LogP contribution is 2.32. The largest absolute Gasteiger partial charge is 0.481 e. The van der Waals surface area contributed by atoms with Crippen molar-refractivity contribution >= 4 is 23.5 Å². The minimum Gasteiger partial charge on any atom is -0.481 e. The number of carboxylic acids is 1. The summed E-state index contributed by atoms with van der Waals surface area (Å²) in [6.07, 6.45) is 1.85. The van der Waals surface area contributed by atoms with E-state index in [0.29, 0.717) is 24.2 Å². The molecule has 1 saturated heterocycles. The first-order chi connectivity index (χ1) is 10.9. The van der Waals surface area contributed by atoms with Crippen molar-refractivity contribution in [1.82, 2.24) is 25.1 Å². The minimum atomic E-state index is -0.908. The molecule has 8 nitrogen and oxygen atoms in total. The molecule has 1 amide bonds. The third kappa shape index (κ3) is 2.77. The summed E-state index contributed by atoms with van der Waals surface area (Å²) >= 11 is 6.21. The van der Waals surface area contributed by atoms with Gasteiger partial charge in [-0.25, -0.2) is 4.68 Å². The number of likely N-dealkylation sites (tertiary alicyclic amines) is 1. The molecule has 2 aromatic rings. The molecular formula is C14H14ClN5O3. The number of benzene rings is 1. The Morgan fingerprint density at radius 3 is 2.74 bits per heavy atom. The smallest absolute Gasteiger partial charge is 0.311 e. The average molecular weight is 336 g/mol. The number of nitrogens with zero attached hydrogens (tertiary/aromatic N) is 5. The molecule has 0 radical (unpaired) electrons. The van der Waals surface area contributed by atoms with Gasteiger partial charge in [0.15, 0.2) is 0 Å². The maximum Gasteiger partial charge on any atom is 0.311 e. The van der Waals surface area contributed by atoms with Crippen molar-refractivity contribution in [3.05, 3.63) is 35.1 Å². The molecule has 1 aliphatic heterocycles. The van der Waals surface area contributed by atoms with Crippen molar-refractivity contribution in [3.63, 3.8) is 0 Å². The quantitative estimate of drug-likeness (QED) is 0.906. The van der Waals surface area contributed by atoms with Crippen LogP contribution in [0.5, 0.6) is 0 Å². The van der Waals surface area contributed by atoms with Crippen molar-refractivity contribution in [2.24, 2.45) is 5.41 Å². The van der Waals surface area contributed by atoms with Gasteiger partial charge in [0, 0.05) is 13.1 Å². The van der Waals surface area contributed by atoms with Crippen molar-refractivity contribution in [2.45, 2.75) is 13.3 Å². The number of aliphatic carboxylic acids is 1. The van der Waals surface area contributed by atoms with Crippen LogP contribution in [0.1, 0.15) is 23.7 Å². The number of hydrogen-bond donors (Lipinski definition) is 1. The molecule has 1 unspecified atom stereocenters. The maximum atomic E-state index is 12.6. The van der Waals surface area contributed by atoms with Crippen LogP contribution in [0.4, 0.5) is 0 Å². The Hall–Kier alpha value is -2.48. The molecule has 1 aromatic carbocycles. The molecule has 1 N–H and O–H groups in total. The van der Waals surface area contributed by atoms with Crippen molar-refractivity contribution in [2.75, 3.05) is 13.1 Å². The number of hydrogen-bond acceptors (Lipinski definition) is 5. The summed E-state index contributed by atoms with van der Waals surface area (Å²) in [6.45, 7) is 2.21. The third-order valence-electron chi connectivity index (χ3n) is 4.07. The van der Waals surface area contributed by atoms with Gasteiger partial charge in [0.2, 0.25) is 0 Å². The van der Waals surface area contributed by atoms with Gasteiger partial charge in [-0.1, -0.05) is 11.6 Å². The highest BCUT2D eigenvalue weighted by atomic mass is 35.5. The van der Waals surface area contributed by atoms with Crippen LogP contribution in [-0.2, 0) is 4.79 Å². The van der Waals surface area contributed by atoms with Crippen LogP contribution in [0, 0.1) is 5.41 Å². The van der Waals surface area contributed by atoms with E-state index in [1.54, 1.807) is 25.1 Å². The molecule has 1 aromatic heterocycles. The lowest BCUT2D eigenvalue weighted by molar-refractivity contribution is -0.147. The van der Waals surface area contributed by atoms with Crippen LogP contribution in [0.25, 0.3) is 5.69 Å². The molecule has 1 atom stereocenters. The number of carboxylic acid groups (broad SMARTS) is 1. The first kappa shape index (κ1) is 15.4. The molecule has 9 heteroatoms. The van der Waals surface area contributed by atoms with Gasteiger partial charge in [-0.3, -0.25) is 9.59 Å². The number of aromatic nitrogens is 4. The zero-order valence-electron chi connectivity index (χ0n) is 12.3. The predicted molar refractivity (Wildman–Crippen MR) is 80.4 cm³/mol. The van der Waals surface area contributed by atoms with E-state index >= 15 is 0 Å². The molecule has 0 spiro atoms. The number of carbonyl (C=O) groups is 2. The predicted octanol–water partition coefficient (Wildman–Crippen LogP) is 1.25. The summed E-state index contributed by atoms with van der Waals surface area (Å²) in [7, 11) is 0. The van der Waals surface area contributed by atoms with Crippen molar-refractivity contribution < 1.29 is 14.7 Å². The van der Waals surface area contributed by atoms with Crippen molar-refractivity contribution in [1.29, 1.82) is 0 Å². The summed E-state index contributed by atoms with van der Waals surface area (Å²) in [4.78, 5) is 25.4. The monoisotopic (exact) mass is 335 g/mol. The highest BCUT2D eigenvalue weighted by Gasteiger charge is 2.42. The molecule has 1 aliphatic rings. The molecule has 2 heterocycles. The summed E-state index contributed by atoms with van der Waals surface area (Å²) in [6, 6.07) is 4.87. The maximum absolute atomic E-state index is 12.6. The fourth-order valence-corrected chi connectivity index (χ4v) is 2.83. The standard InChI is InChI=1S/C14H14ClN5O3/c1-14(13(22)23)4-5-19(7-14)12(21)10-3-2-9(6-11(10)15)20-8-16-17-18-20/h2-3,6,8H,4-5,7H2,1H3,(H,22,23). The third-order valence-corrected chi connectivity index (χ3v) is 4.39. The van der Waals surface area contributed by atoms with E-state index in [-0.39, 0.29) is 17.5 Å². The van der Waals surface area contributed by atoms with Gasteiger partial charge in [-0.15, -0.1) is 5.10 Å². The van der Waals surface area contributed by atoms with E-state index < -0.39 is 11.4 Å². The topological polar surface area (TPSA) is 101 Å². The fourth-order valence-electron chi connectivity index (χ4n) is 2.58. The van der Waals surface area contributed by atoms with Gasteiger partial charge in [0.25, 0.3) is 5.91 Å². The Bertz CT molecular complexity index is 764. The Balaban J connectivity index is 1.82. The summed E-state index contributed by atoms with van der Waals surface area (Å²) in [5, 5.41) is 20.4.